The van der Waals surface area contributed by atoms with Gasteiger partial charge in [0.25, 0.3) is 0 Å². The number of nitrogens with zero attached hydrogens (tertiary/aromatic N) is 2. The van der Waals surface area contributed by atoms with Crippen molar-refractivity contribution in [2.75, 3.05) is 6.54 Å². The van der Waals surface area contributed by atoms with Crippen LogP contribution in [-0.4, -0.2) is 23.5 Å². The van der Waals surface area contributed by atoms with E-state index in [-0.39, 0.29) is 11.7 Å². The molecule has 176 valence electrons. The largest absolute Gasteiger partial charge is 0.486 e. The first-order chi connectivity index (χ1) is 16.4. The molecule has 1 aromatic carbocycles. The van der Waals surface area contributed by atoms with Crippen LogP contribution in [0.5, 0.6) is 0 Å². The first-order valence-electron chi connectivity index (χ1n) is 11.9. The van der Waals surface area contributed by atoms with E-state index in [0.717, 1.165) is 45.9 Å². The molecule has 1 saturated carbocycles. The van der Waals surface area contributed by atoms with E-state index in [0.29, 0.717) is 30.3 Å². The second-order valence-corrected chi connectivity index (χ2v) is 9.48. The molecule has 6 nitrogen and oxygen atoms in total. The van der Waals surface area contributed by atoms with Gasteiger partial charge in [0.05, 0.1) is 11.6 Å². The maximum Gasteiger partial charge on any atom is 0.188 e. The average molecular weight is 461 g/mol. The maximum atomic E-state index is 14.3. The number of benzene rings is 1. The van der Waals surface area contributed by atoms with Crippen molar-refractivity contribution in [3.8, 4) is 11.3 Å². The monoisotopic (exact) mass is 460 g/mol. The summed E-state index contributed by atoms with van der Waals surface area (Å²) in [6.45, 7) is 4.75. The molecule has 0 amide bonds. The van der Waals surface area contributed by atoms with E-state index >= 15 is 0 Å². The van der Waals surface area contributed by atoms with Gasteiger partial charge in [-0.05, 0) is 56.5 Å². The standard InChI is InChI=1S/C27H30FN5O/c1-15(29)22-10-18-4-3-9-31-25(18)21-8-7-20(28)12-23(21)16(2)34-24-11-19(14-33-27(24)30)26(22)32-13-17-5-6-17/h3-4,7-9,12,14,16-17,19H,5-6,10-11,13,29-30H2,1-2H3/p+1. The Kier molecular flexibility index (Phi) is 5.94. The number of rotatable bonds is 2. The molecule has 1 aliphatic carbocycles. The average Bonchev–Trinajstić information content (AvgIpc) is 3.64. The number of halogens is 1. The molecule has 2 atom stereocenters. The fraction of sp³-hybridized carbons (Fsp3) is 0.370. The topological polar surface area (TPSA) is 100 Å². The molecule has 0 radical (unpaired) electrons. The number of aromatic nitrogens is 1. The van der Waals surface area contributed by atoms with Crippen molar-refractivity contribution in [1.82, 2.24) is 4.98 Å². The van der Waals surface area contributed by atoms with Crippen LogP contribution in [0.25, 0.3) is 11.3 Å². The van der Waals surface area contributed by atoms with Crippen molar-refractivity contribution >= 4 is 11.9 Å². The lowest BCUT2D eigenvalue weighted by Gasteiger charge is -2.26. The van der Waals surface area contributed by atoms with Crippen LogP contribution in [0.4, 0.5) is 4.39 Å². The highest BCUT2D eigenvalue weighted by Crippen LogP contribution is 2.36. The molecule has 0 spiro atoms. The third kappa shape index (κ3) is 4.47. The van der Waals surface area contributed by atoms with Crippen molar-refractivity contribution in [2.24, 2.45) is 28.3 Å². The Labute approximate surface area is 199 Å². The van der Waals surface area contributed by atoms with Gasteiger partial charge in [0.2, 0.25) is 0 Å². The quantitative estimate of drug-likeness (QED) is 0.642. The van der Waals surface area contributed by atoms with Crippen molar-refractivity contribution < 1.29 is 14.1 Å². The van der Waals surface area contributed by atoms with Crippen LogP contribution < -0.4 is 16.5 Å². The van der Waals surface area contributed by atoms with Gasteiger partial charge in [-0.25, -0.2) is 14.4 Å². The number of nitrogens with two attached hydrogens (primary N) is 2. The van der Waals surface area contributed by atoms with Gasteiger partial charge in [-0.3, -0.25) is 4.98 Å². The molecule has 5 rings (SSSR count). The number of nitrogens with one attached hydrogen (secondary N) is 1. The zero-order valence-electron chi connectivity index (χ0n) is 19.6. The zero-order chi connectivity index (χ0) is 23.8. The minimum absolute atomic E-state index is 0.0479. The summed E-state index contributed by atoms with van der Waals surface area (Å²) in [4.78, 5) is 12.9. The molecule has 0 saturated heterocycles. The Bertz CT molecular complexity index is 1240. The summed E-state index contributed by atoms with van der Waals surface area (Å²) in [5, 5.41) is 0. The summed E-state index contributed by atoms with van der Waals surface area (Å²) in [6.07, 6.45) is 6.87. The molecule has 3 aliphatic rings. The number of allylic oxidation sites excluding steroid dienone is 3. The number of fused-ring (bicyclic) bond motifs is 5. The number of pyridine rings is 1. The second kappa shape index (κ2) is 9.05. The van der Waals surface area contributed by atoms with E-state index in [1.807, 2.05) is 26.1 Å². The fourth-order valence-corrected chi connectivity index (χ4v) is 4.75. The molecule has 7 heteroatoms. The lowest BCUT2D eigenvalue weighted by atomic mass is 9.86. The lowest BCUT2D eigenvalue weighted by Crippen LogP contribution is -2.76. The molecule has 1 fully saturated rings. The van der Waals surface area contributed by atoms with Crippen LogP contribution in [-0.2, 0) is 11.2 Å². The Morgan fingerprint density at radius 3 is 2.85 bits per heavy atom. The van der Waals surface area contributed by atoms with Gasteiger partial charge in [0, 0.05) is 53.6 Å². The summed E-state index contributed by atoms with van der Waals surface area (Å²) in [7, 11) is 0. The van der Waals surface area contributed by atoms with Crippen molar-refractivity contribution in [2.45, 2.75) is 45.6 Å². The van der Waals surface area contributed by atoms with Crippen LogP contribution in [0.15, 0.2) is 64.4 Å². The summed E-state index contributed by atoms with van der Waals surface area (Å²) < 4.78 is 20.7. The van der Waals surface area contributed by atoms with Crippen LogP contribution in [0.1, 0.15) is 50.3 Å². The van der Waals surface area contributed by atoms with E-state index in [1.165, 1.54) is 25.0 Å². The predicted molar refractivity (Wildman–Crippen MR) is 131 cm³/mol. The number of hydrogen-bond donors (Lipinski definition) is 3. The van der Waals surface area contributed by atoms with E-state index in [1.54, 1.807) is 12.3 Å². The maximum absolute atomic E-state index is 14.3. The summed E-state index contributed by atoms with van der Waals surface area (Å²) in [5.74, 6) is 1.29. The van der Waals surface area contributed by atoms with Gasteiger partial charge >= 0.3 is 0 Å². The second-order valence-electron chi connectivity index (χ2n) is 9.48. The minimum atomic E-state index is -0.434. The number of aliphatic imine (C=N–C) groups is 1. The van der Waals surface area contributed by atoms with Crippen LogP contribution in [0, 0.1) is 17.7 Å². The highest BCUT2D eigenvalue weighted by Gasteiger charge is 2.34. The molecule has 3 heterocycles. The summed E-state index contributed by atoms with van der Waals surface area (Å²) in [6, 6.07) is 8.75. The van der Waals surface area contributed by atoms with Gasteiger partial charge in [-0.15, -0.1) is 0 Å². The molecular formula is C27H31FN5O+. The first kappa shape index (κ1) is 22.3. The first-order valence-corrected chi connectivity index (χ1v) is 11.9. The summed E-state index contributed by atoms with van der Waals surface area (Å²) in [5.41, 5.74) is 18.9. The number of ether oxygens (including phenoxy) is 1. The van der Waals surface area contributed by atoms with Crippen molar-refractivity contribution in [3.63, 3.8) is 0 Å². The molecule has 5 N–H and O–H groups in total. The van der Waals surface area contributed by atoms with Gasteiger partial charge in [-0.1, -0.05) is 6.07 Å². The lowest BCUT2D eigenvalue weighted by molar-refractivity contribution is -0.462. The van der Waals surface area contributed by atoms with Crippen molar-refractivity contribution in [3.05, 3.63) is 76.3 Å². The van der Waals surface area contributed by atoms with E-state index in [9.17, 15) is 4.39 Å². The smallest absolute Gasteiger partial charge is 0.188 e. The molecule has 34 heavy (non-hydrogen) atoms. The minimum Gasteiger partial charge on any atom is -0.486 e. The molecule has 2 bridgehead atoms. The molecule has 1 aromatic heterocycles. The van der Waals surface area contributed by atoms with Crippen LogP contribution in [0.2, 0.25) is 0 Å². The third-order valence-corrected chi connectivity index (χ3v) is 6.82. The SMILES string of the molecule is CC(N)=C1Cc2cccnc2-c2ccc(F)cc2C(C)OC2=C(N)N=CC(C2)C1=[NH+]CC1CC1. The Balaban J connectivity index is 1.71. The Morgan fingerprint density at radius 2 is 2.09 bits per heavy atom. The third-order valence-electron chi connectivity index (χ3n) is 6.82. The van der Waals surface area contributed by atoms with Gasteiger partial charge < -0.3 is 16.2 Å². The molecule has 2 aliphatic heterocycles. The summed E-state index contributed by atoms with van der Waals surface area (Å²) >= 11 is 0. The Morgan fingerprint density at radius 1 is 1.26 bits per heavy atom. The van der Waals surface area contributed by atoms with E-state index < -0.39 is 6.10 Å². The Hall–Kier alpha value is -3.48. The van der Waals surface area contributed by atoms with Crippen LogP contribution in [0.3, 0.4) is 0 Å². The van der Waals surface area contributed by atoms with Crippen LogP contribution >= 0.6 is 0 Å². The van der Waals surface area contributed by atoms with Gasteiger partial charge in [-0.2, -0.15) is 0 Å². The normalized spacial score (nSPS) is 25.1. The van der Waals surface area contributed by atoms with E-state index in [4.69, 9.17) is 21.2 Å². The van der Waals surface area contributed by atoms with Gasteiger partial charge in [0.1, 0.15) is 24.2 Å². The zero-order valence-corrected chi connectivity index (χ0v) is 19.6. The van der Waals surface area contributed by atoms with E-state index in [2.05, 4.69) is 16.1 Å². The molecular weight excluding hydrogens is 429 g/mol. The predicted octanol–water partition coefficient (Wildman–Crippen LogP) is 2.90. The molecule has 2 unspecified atom stereocenters. The highest BCUT2D eigenvalue weighted by molar-refractivity contribution is 6.07. The molecule has 2 aromatic rings. The fourth-order valence-electron chi connectivity index (χ4n) is 4.75. The van der Waals surface area contributed by atoms with Crippen molar-refractivity contribution in [1.29, 1.82) is 0 Å². The van der Waals surface area contributed by atoms with Gasteiger partial charge in [0.15, 0.2) is 11.5 Å². The highest BCUT2D eigenvalue weighted by atomic mass is 19.1. The number of hydrogen-bond acceptors (Lipinski definition) is 5.